The van der Waals surface area contributed by atoms with Crippen LogP contribution < -0.4 is 5.32 Å². The van der Waals surface area contributed by atoms with Crippen LogP contribution in [-0.2, 0) is 13.6 Å². The molecule has 0 aliphatic carbocycles. The van der Waals surface area contributed by atoms with Gasteiger partial charge in [0.25, 0.3) is 0 Å². The van der Waals surface area contributed by atoms with E-state index >= 15 is 0 Å². The Morgan fingerprint density at radius 2 is 1.31 bits per heavy atom. The topological polar surface area (TPSA) is 67.8 Å². The Bertz CT molecular complexity index is 364. The molecule has 5 nitrogen and oxygen atoms in total. The van der Waals surface area contributed by atoms with Gasteiger partial charge in [0.1, 0.15) is 0 Å². The number of allylic oxidation sites excluding steroid dienone is 2. The highest BCUT2D eigenvalue weighted by molar-refractivity contribution is 7.47. The van der Waals surface area contributed by atoms with Gasteiger partial charge in [0.15, 0.2) is 0 Å². The summed E-state index contributed by atoms with van der Waals surface area (Å²) in [4.78, 5) is 9.43. The molecule has 0 spiro atoms. The number of unbranched alkanes of at least 4 members (excludes halogenated alkanes) is 11. The lowest BCUT2D eigenvalue weighted by molar-refractivity contribution is 0.148. The van der Waals surface area contributed by atoms with Gasteiger partial charge in [-0.25, -0.2) is 4.57 Å². The molecule has 0 aromatic rings. The van der Waals surface area contributed by atoms with Gasteiger partial charge in [-0.15, -0.1) is 0 Å². The molecule has 2 N–H and O–H groups in total. The van der Waals surface area contributed by atoms with Crippen LogP contribution in [-0.4, -0.2) is 31.7 Å². The predicted molar refractivity (Wildman–Crippen MR) is 110 cm³/mol. The molecule has 0 rings (SSSR count). The molecule has 0 saturated heterocycles. The maximum atomic E-state index is 11.5. The largest absolute Gasteiger partial charge is 0.472 e. The number of phosphoric ester groups is 1. The monoisotopic (exact) mass is 391 g/mol. The van der Waals surface area contributed by atoms with Gasteiger partial charge in [-0.2, -0.15) is 0 Å². The highest BCUT2D eigenvalue weighted by Crippen LogP contribution is 2.42. The van der Waals surface area contributed by atoms with Crippen molar-refractivity contribution in [1.29, 1.82) is 0 Å². The third-order valence-electron chi connectivity index (χ3n) is 4.27. The molecule has 156 valence electrons. The predicted octanol–water partition coefficient (Wildman–Crippen LogP) is 5.99. The molecule has 1 unspecified atom stereocenters. The first kappa shape index (κ1) is 25.8. The molecule has 26 heavy (non-hydrogen) atoms. The quantitative estimate of drug-likeness (QED) is 0.152. The lowest BCUT2D eigenvalue weighted by atomic mass is 10.1. The first-order chi connectivity index (χ1) is 12.6. The maximum Gasteiger partial charge on any atom is 0.472 e. The van der Waals surface area contributed by atoms with E-state index in [4.69, 9.17) is 9.05 Å². The summed E-state index contributed by atoms with van der Waals surface area (Å²) in [5.74, 6) is 0. The van der Waals surface area contributed by atoms with Crippen LogP contribution in [0, 0.1) is 0 Å². The van der Waals surface area contributed by atoms with Crippen LogP contribution in [0.5, 0.6) is 0 Å². The van der Waals surface area contributed by atoms with Crippen molar-refractivity contribution in [3.63, 3.8) is 0 Å². The fourth-order valence-electron chi connectivity index (χ4n) is 2.65. The summed E-state index contributed by atoms with van der Waals surface area (Å²) in [6.07, 6.45) is 20.6. The molecule has 0 heterocycles. The molecule has 0 fully saturated rings. The van der Waals surface area contributed by atoms with Crippen LogP contribution in [0.25, 0.3) is 0 Å². The summed E-state index contributed by atoms with van der Waals surface area (Å²) >= 11 is 0. The third kappa shape index (κ3) is 20.1. The number of nitrogens with one attached hydrogen (secondary N) is 1. The van der Waals surface area contributed by atoms with Crippen LogP contribution in [0.1, 0.15) is 90.4 Å². The molecule has 6 heteroatoms. The van der Waals surface area contributed by atoms with E-state index in [0.717, 1.165) is 25.7 Å². The van der Waals surface area contributed by atoms with Crippen molar-refractivity contribution in [3.8, 4) is 0 Å². The summed E-state index contributed by atoms with van der Waals surface area (Å²) in [5.41, 5.74) is 0. The number of rotatable bonds is 20. The maximum absolute atomic E-state index is 11.5. The minimum Gasteiger partial charge on any atom is -0.317 e. The van der Waals surface area contributed by atoms with Crippen molar-refractivity contribution in [1.82, 2.24) is 5.32 Å². The fourth-order valence-corrected chi connectivity index (χ4v) is 3.41. The minimum atomic E-state index is -3.86. The molecule has 0 aliphatic rings. The molecule has 0 bridgehead atoms. The van der Waals surface area contributed by atoms with Crippen LogP contribution in [0.15, 0.2) is 12.2 Å². The van der Waals surface area contributed by atoms with Crippen LogP contribution in [0.3, 0.4) is 0 Å². The zero-order chi connectivity index (χ0) is 19.3. The Kier molecular flexibility index (Phi) is 19.4. The number of hydrogen-bond acceptors (Lipinski definition) is 4. The van der Waals surface area contributed by atoms with E-state index in [9.17, 15) is 9.46 Å². The smallest absolute Gasteiger partial charge is 0.317 e. The van der Waals surface area contributed by atoms with Crippen molar-refractivity contribution in [3.05, 3.63) is 12.2 Å². The third-order valence-corrected chi connectivity index (χ3v) is 5.28. The van der Waals surface area contributed by atoms with E-state index in [0.29, 0.717) is 6.54 Å². The molecular formula is C20H42NO4P. The second kappa shape index (κ2) is 19.6. The molecule has 0 aromatic heterocycles. The summed E-state index contributed by atoms with van der Waals surface area (Å²) in [5, 5.41) is 2.85. The summed E-state index contributed by atoms with van der Waals surface area (Å²) in [6, 6.07) is 0. The molecule has 0 saturated carbocycles. The van der Waals surface area contributed by atoms with Crippen molar-refractivity contribution < 1.29 is 18.5 Å². The standard InChI is InChI=1S/C20H42NO4P/c1-3-4-5-6-7-8-9-10-11-12-13-14-15-16-17-19-24-26(22,23)25-20-18-21-2/h10-11,21H,3-9,12-20H2,1-2H3,(H,22,23)/b11-10-. The molecule has 0 radical (unpaired) electrons. The Hall–Kier alpha value is -0.190. The van der Waals surface area contributed by atoms with E-state index in [1.807, 2.05) is 0 Å². The molecule has 0 aliphatic heterocycles. The van der Waals surface area contributed by atoms with Gasteiger partial charge in [0.2, 0.25) is 0 Å². The van der Waals surface area contributed by atoms with Crippen LogP contribution in [0.4, 0.5) is 0 Å². The zero-order valence-electron chi connectivity index (χ0n) is 17.1. The normalized spacial score (nSPS) is 14.1. The Morgan fingerprint density at radius 1 is 0.808 bits per heavy atom. The van der Waals surface area contributed by atoms with E-state index in [-0.39, 0.29) is 13.2 Å². The zero-order valence-corrected chi connectivity index (χ0v) is 18.0. The number of hydrogen-bond donors (Lipinski definition) is 2. The summed E-state index contributed by atoms with van der Waals surface area (Å²) in [7, 11) is -2.10. The van der Waals surface area contributed by atoms with Crippen molar-refractivity contribution in [2.45, 2.75) is 90.4 Å². The first-order valence-electron chi connectivity index (χ1n) is 10.5. The Morgan fingerprint density at radius 3 is 1.88 bits per heavy atom. The molecule has 0 aromatic carbocycles. The second-order valence-corrected chi connectivity index (χ2v) is 8.28. The average Bonchev–Trinajstić information content (AvgIpc) is 2.61. The van der Waals surface area contributed by atoms with Gasteiger partial charge in [0.05, 0.1) is 13.2 Å². The number of phosphoric acid groups is 1. The molecule has 1 atom stereocenters. The van der Waals surface area contributed by atoms with Crippen molar-refractivity contribution in [2.24, 2.45) is 0 Å². The Balaban J connectivity index is 3.28. The number of likely N-dealkylation sites (N-methyl/N-ethyl adjacent to an activating group) is 1. The van der Waals surface area contributed by atoms with E-state index in [1.54, 1.807) is 7.05 Å². The SMILES string of the molecule is CCCCCCCC/C=C\CCCCCCCOP(=O)(O)OCCNC. The molecule has 0 amide bonds. The van der Waals surface area contributed by atoms with Gasteiger partial charge in [-0.05, 0) is 39.2 Å². The Labute approximate surface area is 161 Å². The molecular weight excluding hydrogens is 349 g/mol. The van der Waals surface area contributed by atoms with Crippen molar-refractivity contribution >= 4 is 7.82 Å². The van der Waals surface area contributed by atoms with Crippen molar-refractivity contribution in [2.75, 3.05) is 26.8 Å². The van der Waals surface area contributed by atoms with Gasteiger partial charge in [0, 0.05) is 6.54 Å². The summed E-state index contributed by atoms with van der Waals surface area (Å²) < 4.78 is 21.3. The average molecular weight is 392 g/mol. The minimum absolute atomic E-state index is 0.177. The van der Waals surface area contributed by atoms with Gasteiger partial charge in [-0.1, -0.05) is 70.4 Å². The fraction of sp³-hybridized carbons (Fsp3) is 0.900. The van der Waals surface area contributed by atoms with Crippen LogP contribution in [0.2, 0.25) is 0 Å². The van der Waals surface area contributed by atoms with Gasteiger partial charge < -0.3 is 10.2 Å². The lowest BCUT2D eigenvalue weighted by Gasteiger charge is -2.11. The van der Waals surface area contributed by atoms with Gasteiger partial charge >= 0.3 is 7.82 Å². The van der Waals surface area contributed by atoms with E-state index in [2.05, 4.69) is 24.4 Å². The van der Waals surface area contributed by atoms with Gasteiger partial charge in [-0.3, -0.25) is 9.05 Å². The second-order valence-electron chi connectivity index (χ2n) is 6.82. The first-order valence-corrected chi connectivity index (χ1v) is 12.0. The van der Waals surface area contributed by atoms with E-state index in [1.165, 1.54) is 57.8 Å². The summed E-state index contributed by atoms with van der Waals surface area (Å²) in [6.45, 7) is 3.25. The van der Waals surface area contributed by atoms with E-state index < -0.39 is 7.82 Å². The highest BCUT2D eigenvalue weighted by Gasteiger charge is 2.19. The van der Waals surface area contributed by atoms with Crippen LogP contribution >= 0.6 is 7.82 Å². The lowest BCUT2D eigenvalue weighted by Crippen LogP contribution is -2.13. The highest BCUT2D eigenvalue weighted by atomic mass is 31.2.